The number of benzene rings is 1. The van der Waals surface area contributed by atoms with Crippen LogP contribution in [0.5, 0.6) is 0 Å². The van der Waals surface area contributed by atoms with Crippen molar-refractivity contribution in [3.63, 3.8) is 0 Å². The van der Waals surface area contributed by atoms with E-state index in [-0.39, 0.29) is 0 Å². The minimum Gasteiger partial charge on any atom is -0.390 e. The zero-order valence-electron chi connectivity index (χ0n) is 12.7. The Hall–Kier alpha value is -0.770. The Morgan fingerprint density at radius 1 is 1.33 bits per heavy atom. The van der Waals surface area contributed by atoms with Crippen LogP contribution in [0.4, 0.5) is 5.69 Å². The van der Waals surface area contributed by atoms with E-state index in [1.165, 1.54) is 24.1 Å². The Morgan fingerprint density at radius 2 is 2.14 bits per heavy atom. The van der Waals surface area contributed by atoms with Crippen molar-refractivity contribution >= 4 is 17.3 Å². The number of aliphatic hydroxyl groups is 1. The highest BCUT2D eigenvalue weighted by Gasteiger charge is 2.25. The second-order valence-electron chi connectivity index (χ2n) is 6.77. The first kappa shape index (κ1) is 15.1. The summed E-state index contributed by atoms with van der Waals surface area (Å²) in [6.45, 7) is 4.68. The van der Waals surface area contributed by atoms with Gasteiger partial charge in [-0.25, -0.2) is 0 Å². The Balaban J connectivity index is 1.65. The summed E-state index contributed by atoms with van der Waals surface area (Å²) in [6, 6.07) is 7.07. The highest BCUT2D eigenvalue weighted by molar-refractivity contribution is 6.31. The van der Waals surface area contributed by atoms with Crippen molar-refractivity contribution in [1.29, 1.82) is 0 Å². The average molecular weight is 309 g/mol. The van der Waals surface area contributed by atoms with Crippen LogP contribution in [-0.4, -0.2) is 29.8 Å². The Labute approximate surface area is 132 Å². The lowest BCUT2D eigenvalue weighted by molar-refractivity contribution is 0.0481. The fourth-order valence-corrected chi connectivity index (χ4v) is 3.18. The molecule has 1 atom stereocenters. The van der Waals surface area contributed by atoms with Gasteiger partial charge in [-0.3, -0.25) is 0 Å². The van der Waals surface area contributed by atoms with E-state index in [2.05, 4.69) is 28.4 Å². The number of anilines is 1. The van der Waals surface area contributed by atoms with Crippen molar-refractivity contribution in [2.75, 3.05) is 18.0 Å². The molecule has 0 radical (unpaired) electrons. The van der Waals surface area contributed by atoms with Crippen LogP contribution in [0.15, 0.2) is 18.2 Å². The fraction of sp³-hybridized carbons (Fsp3) is 0.647. The quantitative estimate of drug-likeness (QED) is 0.895. The summed E-state index contributed by atoms with van der Waals surface area (Å²) in [5.41, 5.74) is 1.83. The largest absolute Gasteiger partial charge is 0.390 e. The first-order valence-corrected chi connectivity index (χ1v) is 8.40. The van der Waals surface area contributed by atoms with Gasteiger partial charge in [0.05, 0.1) is 5.60 Å². The van der Waals surface area contributed by atoms with E-state index in [9.17, 15) is 5.11 Å². The smallest absolute Gasteiger partial charge is 0.0637 e. The summed E-state index contributed by atoms with van der Waals surface area (Å²) in [7, 11) is 0. The second-order valence-corrected chi connectivity index (χ2v) is 7.18. The maximum atomic E-state index is 10.2. The minimum atomic E-state index is -0.521. The van der Waals surface area contributed by atoms with Crippen molar-refractivity contribution in [2.24, 2.45) is 0 Å². The molecule has 3 rings (SSSR count). The Kier molecular flexibility index (Phi) is 4.43. The summed E-state index contributed by atoms with van der Waals surface area (Å²) in [5.74, 6) is 0. The molecule has 0 bridgehead atoms. The Bertz CT molecular complexity index is 500. The van der Waals surface area contributed by atoms with Gasteiger partial charge in [-0.1, -0.05) is 17.7 Å². The third kappa shape index (κ3) is 4.12. The minimum absolute atomic E-state index is 0.521. The number of nitrogens with zero attached hydrogens (tertiary/aromatic N) is 1. The van der Waals surface area contributed by atoms with E-state index in [0.717, 1.165) is 43.9 Å². The van der Waals surface area contributed by atoms with Gasteiger partial charge in [0.2, 0.25) is 0 Å². The molecule has 3 nitrogen and oxygen atoms in total. The molecule has 1 heterocycles. The lowest BCUT2D eigenvalue weighted by atomic mass is 9.98. The molecule has 2 fully saturated rings. The molecule has 1 saturated carbocycles. The summed E-state index contributed by atoms with van der Waals surface area (Å²) < 4.78 is 0. The Morgan fingerprint density at radius 3 is 2.86 bits per heavy atom. The zero-order valence-corrected chi connectivity index (χ0v) is 13.5. The third-order valence-corrected chi connectivity index (χ3v) is 4.98. The normalized spacial score (nSPS) is 26.7. The average Bonchev–Trinajstić information content (AvgIpc) is 3.25. The topological polar surface area (TPSA) is 35.5 Å². The lowest BCUT2D eigenvalue weighted by Crippen LogP contribution is -2.28. The molecule has 2 aliphatic rings. The van der Waals surface area contributed by atoms with Crippen molar-refractivity contribution in [2.45, 2.75) is 57.2 Å². The predicted octanol–water partition coefficient (Wildman–Crippen LogP) is 3.33. The van der Waals surface area contributed by atoms with Crippen LogP contribution in [0.1, 0.15) is 44.6 Å². The van der Waals surface area contributed by atoms with Gasteiger partial charge in [-0.05, 0) is 56.7 Å². The molecule has 116 valence electrons. The van der Waals surface area contributed by atoms with Crippen LogP contribution in [-0.2, 0) is 6.54 Å². The molecule has 1 aromatic rings. The van der Waals surface area contributed by atoms with Crippen LogP contribution in [0, 0.1) is 0 Å². The zero-order chi connectivity index (χ0) is 14.9. The summed E-state index contributed by atoms with van der Waals surface area (Å²) in [6.07, 6.45) is 5.30. The van der Waals surface area contributed by atoms with Gasteiger partial charge < -0.3 is 15.3 Å². The molecular weight excluding hydrogens is 284 g/mol. The summed E-state index contributed by atoms with van der Waals surface area (Å²) in [5, 5.41) is 14.5. The van der Waals surface area contributed by atoms with Gasteiger partial charge in [-0.2, -0.15) is 0 Å². The van der Waals surface area contributed by atoms with Crippen LogP contribution < -0.4 is 10.2 Å². The predicted molar refractivity (Wildman–Crippen MR) is 88.0 cm³/mol. The summed E-state index contributed by atoms with van der Waals surface area (Å²) >= 11 is 6.43. The van der Waals surface area contributed by atoms with Gasteiger partial charge in [0, 0.05) is 36.4 Å². The molecule has 1 aliphatic heterocycles. The monoisotopic (exact) mass is 308 g/mol. The number of halogens is 1. The molecule has 0 aromatic heterocycles. The van der Waals surface area contributed by atoms with E-state index in [0.29, 0.717) is 6.04 Å². The molecule has 1 aliphatic carbocycles. The van der Waals surface area contributed by atoms with Crippen LogP contribution >= 0.6 is 11.6 Å². The fourth-order valence-electron chi connectivity index (χ4n) is 2.94. The van der Waals surface area contributed by atoms with Gasteiger partial charge in [0.15, 0.2) is 0 Å². The second kappa shape index (κ2) is 6.15. The van der Waals surface area contributed by atoms with Crippen molar-refractivity contribution in [1.82, 2.24) is 5.32 Å². The van der Waals surface area contributed by atoms with Crippen LogP contribution in [0.2, 0.25) is 5.02 Å². The van der Waals surface area contributed by atoms with Gasteiger partial charge in [0.1, 0.15) is 0 Å². The summed E-state index contributed by atoms with van der Waals surface area (Å²) in [4.78, 5) is 2.34. The van der Waals surface area contributed by atoms with Crippen LogP contribution in [0.3, 0.4) is 0 Å². The highest BCUT2D eigenvalue weighted by Crippen LogP contribution is 2.29. The molecule has 0 amide bonds. The van der Waals surface area contributed by atoms with Gasteiger partial charge in [-0.15, -0.1) is 0 Å². The maximum Gasteiger partial charge on any atom is 0.0637 e. The standard InChI is InChI=1S/C17H25ClN2O/c1-17(21)7-2-9-20(10-8-17)15-6-3-13(16(18)11-15)12-19-14-4-5-14/h3,6,11,14,19,21H,2,4-5,7-10,12H2,1H3. The van der Waals surface area contributed by atoms with Crippen molar-refractivity contribution < 1.29 is 5.11 Å². The number of hydrogen-bond acceptors (Lipinski definition) is 3. The van der Waals surface area contributed by atoms with Crippen molar-refractivity contribution in [3.05, 3.63) is 28.8 Å². The van der Waals surface area contributed by atoms with Crippen LogP contribution in [0.25, 0.3) is 0 Å². The van der Waals surface area contributed by atoms with Gasteiger partial charge in [0.25, 0.3) is 0 Å². The molecule has 0 spiro atoms. The molecule has 1 saturated heterocycles. The van der Waals surface area contributed by atoms with E-state index < -0.39 is 5.60 Å². The molecule has 1 aromatic carbocycles. The van der Waals surface area contributed by atoms with E-state index in [4.69, 9.17) is 11.6 Å². The van der Waals surface area contributed by atoms with Crippen molar-refractivity contribution in [3.8, 4) is 0 Å². The number of rotatable bonds is 4. The van der Waals surface area contributed by atoms with Gasteiger partial charge >= 0.3 is 0 Å². The first-order chi connectivity index (χ1) is 10.0. The first-order valence-electron chi connectivity index (χ1n) is 8.03. The molecule has 21 heavy (non-hydrogen) atoms. The number of hydrogen-bond donors (Lipinski definition) is 2. The maximum absolute atomic E-state index is 10.2. The van der Waals surface area contributed by atoms with E-state index in [1.807, 2.05) is 6.92 Å². The van der Waals surface area contributed by atoms with E-state index in [1.54, 1.807) is 0 Å². The molecule has 4 heteroatoms. The number of nitrogens with one attached hydrogen (secondary N) is 1. The highest BCUT2D eigenvalue weighted by atomic mass is 35.5. The molecule has 2 N–H and O–H groups in total. The lowest BCUT2D eigenvalue weighted by Gasteiger charge is -2.25. The third-order valence-electron chi connectivity index (χ3n) is 4.62. The molecular formula is C17H25ClN2O. The SMILES string of the molecule is CC1(O)CCCN(c2ccc(CNC3CC3)c(Cl)c2)CC1. The van der Waals surface area contributed by atoms with E-state index >= 15 is 0 Å². The molecule has 1 unspecified atom stereocenters.